The minimum absolute atomic E-state index is 0.353. The molecule has 1 aromatic heterocycles. The highest BCUT2D eigenvalue weighted by Crippen LogP contribution is 2.36. The summed E-state index contributed by atoms with van der Waals surface area (Å²) in [5.41, 5.74) is -0.105. The molecule has 0 N–H and O–H groups in total. The summed E-state index contributed by atoms with van der Waals surface area (Å²) in [5.74, 6) is 0. The molecule has 1 aromatic rings. The third-order valence-electron chi connectivity index (χ3n) is 2.27. The molecule has 0 saturated carbocycles. The van der Waals surface area contributed by atoms with Gasteiger partial charge in [0.15, 0.2) is 0 Å². The van der Waals surface area contributed by atoms with Crippen LogP contribution in [-0.4, -0.2) is 11.2 Å². The number of hydrogen-bond donors (Lipinski definition) is 0. The maximum atomic E-state index is 12.4. The fraction of sp³-hybridized carbons (Fsp3) is 0.500. The van der Waals surface area contributed by atoms with Gasteiger partial charge in [0, 0.05) is 17.1 Å². The maximum Gasteiger partial charge on any atom is 0.417 e. The van der Waals surface area contributed by atoms with Gasteiger partial charge in [-0.3, -0.25) is 4.98 Å². The Morgan fingerprint density at radius 2 is 1.67 bits per heavy atom. The fourth-order valence-electron chi connectivity index (χ4n) is 1.04. The van der Waals surface area contributed by atoms with Gasteiger partial charge in [0.25, 0.3) is 0 Å². The van der Waals surface area contributed by atoms with Crippen LogP contribution in [0.15, 0.2) is 18.5 Å². The van der Waals surface area contributed by atoms with E-state index in [9.17, 15) is 13.2 Å². The average molecular weight is 235 g/mol. The lowest BCUT2D eigenvalue weighted by Gasteiger charge is -2.22. The molecule has 5 heteroatoms. The van der Waals surface area contributed by atoms with Crippen molar-refractivity contribution in [3.05, 3.63) is 29.6 Å². The molecule has 1 rings (SSSR count). The fourth-order valence-corrected chi connectivity index (χ4v) is 1.39. The average Bonchev–Trinajstić information content (AvgIpc) is 2.17. The summed E-state index contributed by atoms with van der Waals surface area (Å²) < 4.78 is 36.9. The molecule has 0 aliphatic heterocycles. The minimum Gasteiger partial charge on any atom is -0.264 e. The Balaban J connectivity index is 3.14. The highest BCUT2D eigenvalue weighted by Gasteiger charge is 2.32. The molecular weight excluding hydrogens is 223 g/mol. The highest BCUT2D eigenvalue weighted by atomic mass is 32.2. The van der Waals surface area contributed by atoms with Crippen LogP contribution in [0.2, 0.25) is 0 Å². The van der Waals surface area contributed by atoms with Gasteiger partial charge in [-0.15, -0.1) is 0 Å². The summed E-state index contributed by atoms with van der Waals surface area (Å²) in [4.78, 5) is 3.63. The van der Waals surface area contributed by atoms with Crippen molar-refractivity contribution in [2.45, 2.75) is 24.8 Å². The van der Waals surface area contributed by atoms with Gasteiger partial charge in [0.2, 0.25) is 0 Å². The number of aromatic nitrogens is 1. The number of thioether (sulfide) groups is 1. The van der Waals surface area contributed by atoms with Crippen LogP contribution < -0.4 is 0 Å². The lowest BCUT2D eigenvalue weighted by Crippen LogP contribution is -2.14. The first-order chi connectivity index (χ1) is 6.77. The Morgan fingerprint density at radius 1 is 1.13 bits per heavy atom. The summed E-state index contributed by atoms with van der Waals surface area (Å²) in [5, 5.41) is 0. The van der Waals surface area contributed by atoms with Crippen LogP contribution in [0.1, 0.15) is 25.0 Å². The molecule has 0 aliphatic carbocycles. The molecule has 84 valence electrons. The van der Waals surface area contributed by atoms with E-state index in [2.05, 4.69) is 4.98 Å². The predicted octanol–water partition coefficient (Wildman–Crippen LogP) is 3.70. The molecule has 0 amide bonds. The van der Waals surface area contributed by atoms with Gasteiger partial charge in [-0.25, -0.2) is 0 Å². The number of alkyl halides is 3. The van der Waals surface area contributed by atoms with Gasteiger partial charge < -0.3 is 0 Å². The molecule has 0 fully saturated rings. The topological polar surface area (TPSA) is 12.9 Å². The van der Waals surface area contributed by atoms with E-state index in [1.165, 1.54) is 18.0 Å². The molecule has 0 aromatic carbocycles. The zero-order valence-electron chi connectivity index (χ0n) is 8.72. The zero-order chi connectivity index (χ0) is 11.7. The molecule has 1 nitrogen and oxygen atoms in total. The third-order valence-corrected chi connectivity index (χ3v) is 3.53. The van der Waals surface area contributed by atoms with Gasteiger partial charge >= 0.3 is 6.18 Å². The molecule has 15 heavy (non-hydrogen) atoms. The Morgan fingerprint density at radius 3 is 2.13 bits per heavy atom. The number of pyridine rings is 1. The van der Waals surface area contributed by atoms with Crippen molar-refractivity contribution in [3.8, 4) is 0 Å². The first kappa shape index (κ1) is 12.4. The van der Waals surface area contributed by atoms with Gasteiger partial charge in [-0.2, -0.15) is 24.9 Å². The second kappa shape index (κ2) is 4.04. The summed E-state index contributed by atoms with van der Waals surface area (Å²) in [6.07, 6.45) is -0.136. The molecule has 0 bridgehead atoms. The van der Waals surface area contributed by atoms with Crippen molar-refractivity contribution < 1.29 is 13.2 Å². The van der Waals surface area contributed by atoms with E-state index in [1.54, 1.807) is 0 Å². The van der Waals surface area contributed by atoms with Crippen molar-refractivity contribution in [3.63, 3.8) is 0 Å². The molecule has 1 heterocycles. The summed E-state index contributed by atoms with van der Waals surface area (Å²) in [7, 11) is 0. The number of nitrogens with zero attached hydrogens (tertiary/aromatic N) is 1. The zero-order valence-corrected chi connectivity index (χ0v) is 9.54. The first-order valence-corrected chi connectivity index (χ1v) is 5.58. The van der Waals surface area contributed by atoms with Crippen LogP contribution in [-0.2, 0) is 10.9 Å². The van der Waals surface area contributed by atoms with E-state index in [4.69, 9.17) is 0 Å². The van der Waals surface area contributed by atoms with Gasteiger partial charge in [0.05, 0.1) is 5.56 Å². The molecule has 0 aliphatic rings. The summed E-state index contributed by atoms with van der Waals surface area (Å²) in [6, 6.07) is 1.16. The van der Waals surface area contributed by atoms with E-state index < -0.39 is 11.7 Å². The minimum atomic E-state index is -4.32. The molecule has 0 spiro atoms. The van der Waals surface area contributed by atoms with Crippen molar-refractivity contribution >= 4 is 11.8 Å². The lowest BCUT2D eigenvalue weighted by atomic mass is 10.0. The Kier molecular flexibility index (Phi) is 3.33. The monoisotopic (exact) mass is 235 g/mol. The molecule has 0 unspecified atom stereocenters. The highest BCUT2D eigenvalue weighted by molar-refractivity contribution is 7.99. The van der Waals surface area contributed by atoms with Crippen molar-refractivity contribution in [1.29, 1.82) is 0 Å². The smallest absolute Gasteiger partial charge is 0.264 e. The van der Waals surface area contributed by atoms with Crippen molar-refractivity contribution in [2.75, 3.05) is 6.26 Å². The lowest BCUT2D eigenvalue weighted by molar-refractivity contribution is -0.137. The second-order valence-corrected chi connectivity index (χ2v) is 5.10. The first-order valence-electron chi connectivity index (χ1n) is 4.35. The van der Waals surface area contributed by atoms with E-state index >= 15 is 0 Å². The van der Waals surface area contributed by atoms with Crippen LogP contribution in [0.5, 0.6) is 0 Å². The van der Waals surface area contributed by atoms with E-state index in [0.717, 1.165) is 12.3 Å². The largest absolute Gasteiger partial charge is 0.417 e. The SMILES string of the molecule is CSC(C)(C)c1cncc(C(F)(F)F)c1. The van der Waals surface area contributed by atoms with Gasteiger partial charge in [-0.1, -0.05) is 0 Å². The van der Waals surface area contributed by atoms with Gasteiger partial charge in [0.1, 0.15) is 0 Å². The second-order valence-electron chi connectivity index (χ2n) is 3.67. The molecular formula is C10H12F3NS. The van der Waals surface area contributed by atoms with Crippen LogP contribution in [0.4, 0.5) is 13.2 Å². The molecule has 0 radical (unpaired) electrons. The van der Waals surface area contributed by atoms with E-state index in [0.29, 0.717) is 5.56 Å². The molecule has 0 saturated heterocycles. The predicted molar refractivity (Wildman–Crippen MR) is 55.8 cm³/mol. The Hall–Kier alpha value is -0.710. The number of halogens is 3. The van der Waals surface area contributed by atoms with Crippen molar-refractivity contribution in [1.82, 2.24) is 4.98 Å². The Labute approximate surface area is 91.1 Å². The van der Waals surface area contributed by atoms with Crippen LogP contribution in [0, 0.1) is 0 Å². The van der Waals surface area contributed by atoms with Crippen LogP contribution in [0.3, 0.4) is 0 Å². The Bertz CT molecular complexity index is 347. The maximum absolute atomic E-state index is 12.4. The van der Waals surface area contributed by atoms with E-state index in [-0.39, 0.29) is 4.75 Å². The number of rotatable bonds is 2. The van der Waals surface area contributed by atoms with E-state index in [1.807, 2.05) is 20.1 Å². The van der Waals surface area contributed by atoms with Crippen LogP contribution >= 0.6 is 11.8 Å². The normalized spacial score (nSPS) is 12.9. The number of hydrogen-bond acceptors (Lipinski definition) is 2. The quantitative estimate of drug-likeness (QED) is 0.775. The van der Waals surface area contributed by atoms with Gasteiger partial charge in [-0.05, 0) is 31.7 Å². The third kappa shape index (κ3) is 2.87. The standard InChI is InChI=1S/C10H12F3NS/c1-9(2,15-3)7-4-8(6-14-5-7)10(11,12)13/h4-6H,1-3H3. The van der Waals surface area contributed by atoms with Crippen molar-refractivity contribution in [2.24, 2.45) is 0 Å². The molecule has 0 atom stereocenters. The summed E-state index contributed by atoms with van der Waals surface area (Å²) in [6.45, 7) is 3.74. The summed E-state index contributed by atoms with van der Waals surface area (Å²) >= 11 is 1.49. The van der Waals surface area contributed by atoms with Crippen LogP contribution in [0.25, 0.3) is 0 Å².